The fourth-order valence-electron chi connectivity index (χ4n) is 1.19. The van der Waals surface area contributed by atoms with Crippen LogP contribution in [0.25, 0.3) is 0 Å². The van der Waals surface area contributed by atoms with Crippen LogP contribution in [-0.4, -0.2) is 21.4 Å². The molecule has 17 heavy (non-hydrogen) atoms. The summed E-state index contributed by atoms with van der Waals surface area (Å²) < 4.78 is 0. The molecule has 0 amide bonds. The average molecular weight is 254 g/mol. The van der Waals surface area contributed by atoms with Crippen LogP contribution in [0.4, 0.5) is 5.69 Å². The highest BCUT2D eigenvalue weighted by Crippen LogP contribution is 2.29. The number of nitrogens with zero attached hydrogens (tertiary/aromatic N) is 2. The summed E-state index contributed by atoms with van der Waals surface area (Å²) in [6, 6.07) is 2.82. The van der Waals surface area contributed by atoms with Gasteiger partial charge in [-0.2, -0.15) is 5.10 Å². The number of phenols is 1. The van der Waals surface area contributed by atoms with E-state index in [1.54, 1.807) is 13.0 Å². The highest BCUT2D eigenvalue weighted by Gasteiger charge is 2.16. The molecule has 1 rings (SSSR count). The number of nitrogens with two attached hydrogens (primary N) is 1. The van der Waals surface area contributed by atoms with Crippen molar-refractivity contribution in [3.8, 4) is 5.75 Å². The molecule has 7 nitrogen and oxygen atoms in total. The van der Waals surface area contributed by atoms with E-state index in [0.29, 0.717) is 5.56 Å². The van der Waals surface area contributed by atoms with Gasteiger partial charge in [-0.15, -0.1) is 0 Å². The molecule has 0 saturated carbocycles. The van der Waals surface area contributed by atoms with Crippen molar-refractivity contribution in [1.82, 2.24) is 5.43 Å². The van der Waals surface area contributed by atoms with E-state index in [9.17, 15) is 15.2 Å². The number of aromatic hydroxyl groups is 1. The van der Waals surface area contributed by atoms with E-state index in [2.05, 4.69) is 22.7 Å². The highest BCUT2D eigenvalue weighted by atomic mass is 32.1. The molecular formula is C9H10N4O3S. The summed E-state index contributed by atoms with van der Waals surface area (Å²) in [6.45, 7) is 1.67. The Morgan fingerprint density at radius 1 is 1.71 bits per heavy atom. The van der Waals surface area contributed by atoms with Gasteiger partial charge in [0.1, 0.15) is 0 Å². The first-order valence-corrected chi connectivity index (χ1v) is 4.89. The maximum Gasteiger partial charge on any atom is 0.311 e. The van der Waals surface area contributed by atoms with E-state index < -0.39 is 10.7 Å². The Bertz CT molecular complexity index is 501. The van der Waals surface area contributed by atoms with E-state index in [4.69, 9.17) is 5.73 Å². The number of hydrazone groups is 1. The van der Waals surface area contributed by atoms with Gasteiger partial charge >= 0.3 is 5.69 Å². The predicted octanol–water partition coefficient (Wildman–Crippen LogP) is 0.776. The van der Waals surface area contributed by atoms with Gasteiger partial charge in [0.2, 0.25) is 5.75 Å². The molecule has 0 heterocycles. The van der Waals surface area contributed by atoms with Gasteiger partial charge in [-0.05, 0) is 30.8 Å². The Hall–Kier alpha value is -2.22. The minimum absolute atomic E-state index is 0.0390. The smallest absolute Gasteiger partial charge is 0.311 e. The number of benzene rings is 1. The van der Waals surface area contributed by atoms with Crippen LogP contribution in [0.3, 0.4) is 0 Å². The molecule has 0 saturated heterocycles. The summed E-state index contributed by atoms with van der Waals surface area (Å²) in [5, 5.41) is 23.9. The van der Waals surface area contributed by atoms with Crippen LogP contribution in [0, 0.1) is 17.0 Å². The van der Waals surface area contributed by atoms with E-state index in [0.717, 1.165) is 0 Å². The Morgan fingerprint density at radius 2 is 2.35 bits per heavy atom. The molecule has 1 aromatic rings. The topological polar surface area (TPSA) is 114 Å². The van der Waals surface area contributed by atoms with Gasteiger partial charge in [-0.1, -0.05) is 0 Å². The number of hydrogen-bond acceptors (Lipinski definition) is 5. The van der Waals surface area contributed by atoms with Crippen molar-refractivity contribution >= 4 is 29.2 Å². The number of nitrogens with one attached hydrogen (secondary N) is 1. The maximum absolute atomic E-state index is 10.7. The zero-order valence-corrected chi connectivity index (χ0v) is 9.69. The average Bonchev–Trinajstić information content (AvgIpc) is 2.21. The maximum atomic E-state index is 10.7. The van der Waals surface area contributed by atoms with Crippen LogP contribution < -0.4 is 11.2 Å². The van der Waals surface area contributed by atoms with Crippen molar-refractivity contribution in [1.29, 1.82) is 0 Å². The first kappa shape index (κ1) is 12.8. The lowest BCUT2D eigenvalue weighted by molar-refractivity contribution is -0.385. The monoisotopic (exact) mass is 254 g/mol. The van der Waals surface area contributed by atoms with Gasteiger partial charge in [0.25, 0.3) is 0 Å². The van der Waals surface area contributed by atoms with Gasteiger partial charge in [-0.25, -0.2) is 0 Å². The van der Waals surface area contributed by atoms with Crippen LogP contribution in [0.2, 0.25) is 0 Å². The number of rotatable bonds is 3. The lowest BCUT2D eigenvalue weighted by Crippen LogP contribution is -2.24. The van der Waals surface area contributed by atoms with Crippen LogP contribution >= 0.6 is 12.2 Å². The lowest BCUT2D eigenvalue weighted by Gasteiger charge is -2.02. The number of hydrogen-bond donors (Lipinski definition) is 3. The molecular weight excluding hydrogens is 244 g/mol. The molecule has 0 unspecified atom stereocenters. The summed E-state index contributed by atoms with van der Waals surface area (Å²) in [5.41, 5.74) is 7.89. The van der Waals surface area contributed by atoms with Crippen molar-refractivity contribution in [2.24, 2.45) is 10.8 Å². The quantitative estimate of drug-likeness (QED) is 0.318. The highest BCUT2D eigenvalue weighted by molar-refractivity contribution is 7.80. The van der Waals surface area contributed by atoms with Gasteiger partial charge in [0.05, 0.1) is 11.1 Å². The molecule has 0 fully saturated rings. The summed E-state index contributed by atoms with van der Waals surface area (Å²) in [5.74, 6) is -0.450. The molecule has 0 aromatic heterocycles. The Labute approximate surface area is 102 Å². The molecule has 8 heteroatoms. The number of nitro benzene ring substituents is 1. The number of aryl methyl sites for hydroxylation is 1. The van der Waals surface area contributed by atoms with Crippen LogP contribution in [0.5, 0.6) is 5.75 Å². The van der Waals surface area contributed by atoms with Crippen LogP contribution in [-0.2, 0) is 0 Å². The second-order valence-corrected chi connectivity index (χ2v) is 3.65. The molecule has 0 radical (unpaired) electrons. The molecule has 0 spiro atoms. The van der Waals surface area contributed by atoms with E-state index in [1.165, 1.54) is 12.3 Å². The SMILES string of the molecule is Cc1cc(C=NNC(N)=S)c(O)c([N+](=O)[O-])c1. The summed E-state index contributed by atoms with van der Waals surface area (Å²) in [6.07, 6.45) is 1.20. The first-order chi connectivity index (χ1) is 7.91. The second kappa shape index (κ2) is 5.21. The normalized spacial score (nSPS) is 10.4. The van der Waals surface area contributed by atoms with Crippen molar-refractivity contribution in [3.05, 3.63) is 33.4 Å². The molecule has 90 valence electrons. The second-order valence-electron chi connectivity index (χ2n) is 3.21. The molecule has 0 bridgehead atoms. The zero-order chi connectivity index (χ0) is 13.0. The van der Waals surface area contributed by atoms with Crippen molar-refractivity contribution in [2.75, 3.05) is 0 Å². The lowest BCUT2D eigenvalue weighted by atomic mass is 10.1. The fourth-order valence-corrected chi connectivity index (χ4v) is 1.24. The summed E-state index contributed by atoms with van der Waals surface area (Å²) in [7, 11) is 0. The van der Waals surface area contributed by atoms with Gasteiger partial charge in [0.15, 0.2) is 5.11 Å². The van der Waals surface area contributed by atoms with Crippen molar-refractivity contribution in [3.63, 3.8) is 0 Å². The third kappa shape index (κ3) is 3.38. The largest absolute Gasteiger partial charge is 0.502 e. The minimum Gasteiger partial charge on any atom is -0.502 e. The van der Waals surface area contributed by atoms with Gasteiger partial charge < -0.3 is 10.8 Å². The fraction of sp³-hybridized carbons (Fsp3) is 0.111. The minimum atomic E-state index is -0.666. The third-order valence-corrected chi connectivity index (χ3v) is 1.93. The standard InChI is InChI=1S/C9H10N4O3S/c1-5-2-6(4-11-12-9(10)17)8(14)7(3-5)13(15)16/h2-4,14H,1H3,(H3,10,12,17). The van der Waals surface area contributed by atoms with E-state index >= 15 is 0 Å². The Morgan fingerprint density at radius 3 is 2.88 bits per heavy atom. The number of phenolic OH excluding ortho intramolecular Hbond substituents is 1. The Kier molecular flexibility index (Phi) is 3.94. The Balaban J connectivity index is 3.11. The van der Waals surface area contributed by atoms with Crippen molar-refractivity contribution in [2.45, 2.75) is 6.92 Å². The molecule has 0 aliphatic heterocycles. The molecule has 0 atom stereocenters. The van der Waals surface area contributed by atoms with E-state index in [1.807, 2.05) is 0 Å². The number of nitro groups is 1. The third-order valence-electron chi connectivity index (χ3n) is 1.84. The van der Waals surface area contributed by atoms with Gasteiger partial charge in [0, 0.05) is 11.6 Å². The zero-order valence-electron chi connectivity index (χ0n) is 8.88. The van der Waals surface area contributed by atoms with Crippen LogP contribution in [0.1, 0.15) is 11.1 Å². The van der Waals surface area contributed by atoms with Crippen LogP contribution in [0.15, 0.2) is 17.2 Å². The molecule has 1 aromatic carbocycles. The molecule has 0 aliphatic carbocycles. The van der Waals surface area contributed by atoms with Gasteiger partial charge in [-0.3, -0.25) is 15.5 Å². The molecule has 0 aliphatic rings. The first-order valence-electron chi connectivity index (χ1n) is 4.48. The summed E-state index contributed by atoms with van der Waals surface area (Å²) in [4.78, 5) is 9.99. The van der Waals surface area contributed by atoms with E-state index in [-0.39, 0.29) is 16.4 Å². The van der Waals surface area contributed by atoms with Crippen molar-refractivity contribution < 1.29 is 10.0 Å². The number of thiocarbonyl (C=S) groups is 1. The molecule has 4 N–H and O–H groups in total. The summed E-state index contributed by atoms with van der Waals surface area (Å²) >= 11 is 4.52. The predicted molar refractivity (Wildman–Crippen MR) is 67.0 cm³/mol.